The fourth-order valence-corrected chi connectivity index (χ4v) is 4.69. The van der Waals surface area contributed by atoms with E-state index < -0.39 is 18.0 Å². The second-order valence-corrected chi connectivity index (χ2v) is 8.21. The highest BCUT2D eigenvalue weighted by atomic mass is 79.9. The summed E-state index contributed by atoms with van der Waals surface area (Å²) >= 11 is 4.37. The topological polar surface area (TPSA) is 58.2 Å². The summed E-state index contributed by atoms with van der Waals surface area (Å²) in [5, 5.41) is 4.56. The number of halogens is 4. The predicted octanol–water partition coefficient (Wildman–Crippen LogP) is 5.53. The fraction of sp³-hybridized carbons (Fsp3) is 0.333. The third kappa shape index (κ3) is 4.70. The Bertz CT molecular complexity index is 880. The Morgan fingerprint density at radius 1 is 1.07 bits per heavy atom. The molecule has 0 radical (unpaired) electrons. The van der Waals surface area contributed by atoms with Crippen LogP contribution in [-0.4, -0.2) is 18.0 Å². The maximum Gasteiger partial charge on any atom is 0.471 e. The van der Waals surface area contributed by atoms with E-state index in [0.717, 1.165) is 45.5 Å². The number of fused-ring (bicyclic) bond motifs is 1. The largest absolute Gasteiger partial charge is 0.471 e. The molecule has 1 aromatic carbocycles. The lowest BCUT2D eigenvalue weighted by molar-refractivity contribution is -0.167. The number of benzene rings is 1. The standard InChI is InChI=1S/C18H16BrF3N2O2S/c19-10-5-4-6-11(9-10)23-15(25)14-12-7-2-1-3-8-13(12)27-16(14)24-17(26)18(20,21)22/h4-6,9H,1-3,7-8H2,(H,23,25)(H,24,26). The van der Waals surface area contributed by atoms with Crippen molar-refractivity contribution in [1.82, 2.24) is 0 Å². The van der Waals surface area contributed by atoms with Crippen molar-refractivity contribution >= 4 is 49.8 Å². The van der Waals surface area contributed by atoms with Gasteiger partial charge < -0.3 is 10.6 Å². The first-order valence-corrected chi connectivity index (χ1v) is 9.96. The number of nitrogens with one attached hydrogen (secondary N) is 2. The Kier molecular flexibility index (Phi) is 5.90. The highest BCUT2D eigenvalue weighted by Crippen LogP contribution is 2.38. The Morgan fingerprint density at radius 2 is 1.81 bits per heavy atom. The number of hydrogen-bond donors (Lipinski definition) is 2. The summed E-state index contributed by atoms with van der Waals surface area (Å²) in [7, 11) is 0. The number of amides is 2. The quantitative estimate of drug-likeness (QED) is 0.591. The summed E-state index contributed by atoms with van der Waals surface area (Å²) in [6.45, 7) is 0. The molecule has 0 fully saturated rings. The van der Waals surface area contributed by atoms with E-state index >= 15 is 0 Å². The molecule has 0 aliphatic heterocycles. The van der Waals surface area contributed by atoms with E-state index in [9.17, 15) is 22.8 Å². The summed E-state index contributed by atoms with van der Waals surface area (Å²) < 4.78 is 38.8. The first-order chi connectivity index (χ1) is 12.8. The lowest BCUT2D eigenvalue weighted by Gasteiger charge is -2.11. The van der Waals surface area contributed by atoms with Crippen molar-refractivity contribution in [3.05, 3.63) is 44.7 Å². The molecule has 0 spiro atoms. The number of hydrogen-bond acceptors (Lipinski definition) is 3. The molecule has 0 bridgehead atoms. The lowest BCUT2D eigenvalue weighted by Crippen LogP contribution is -2.30. The van der Waals surface area contributed by atoms with Crippen molar-refractivity contribution in [2.45, 2.75) is 38.3 Å². The van der Waals surface area contributed by atoms with Gasteiger partial charge in [0.15, 0.2) is 0 Å². The van der Waals surface area contributed by atoms with E-state index in [4.69, 9.17) is 0 Å². The van der Waals surface area contributed by atoms with Crippen molar-refractivity contribution < 1.29 is 22.8 Å². The third-order valence-electron chi connectivity index (χ3n) is 4.22. The van der Waals surface area contributed by atoms with E-state index in [2.05, 4.69) is 21.2 Å². The van der Waals surface area contributed by atoms with E-state index in [0.29, 0.717) is 18.5 Å². The molecule has 9 heteroatoms. The Labute approximate surface area is 166 Å². The lowest BCUT2D eigenvalue weighted by atomic mass is 10.0. The van der Waals surface area contributed by atoms with Crippen LogP contribution in [0.5, 0.6) is 0 Å². The maximum absolute atomic E-state index is 12.9. The van der Waals surface area contributed by atoms with Crippen LogP contribution in [0.4, 0.5) is 23.9 Å². The monoisotopic (exact) mass is 460 g/mol. The van der Waals surface area contributed by atoms with Crippen molar-refractivity contribution in [3.8, 4) is 0 Å². The molecule has 1 aromatic heterocycles. The molecule has 4 nitrogen and oxygen atoms in total. The van der Waals surface area contributed by atoms with Crippen LogP contribution in [0.2, 0.25) is 0 Å². The summed E-state index contributed by atoms with van der Waals surface area (Å²) in [4.78, 5) is 25.2. The van der Waals surface area contributed by atoms with Gasteiger partial charge in [-0.25, -0.2) is 0 Å². The molecule has 1 aliphatic carbocycles. The van der Waals surface area contributed by atoms with Gasteiger partial charge in [0.05, 0.1) is 5.56 Å². The molecule has 2 amide bonds. The number of alkyl halides is 3. The van der Waals surface area contributed by atoms with Crippen LogP contribution in [0.1, 0.15) is 40.1 Å². The molecular weight excluding hydrogens is 445 g/mol. The molecule has 2 N–H and O–H groups in total. The fourth-order valence-electron chi connectivity index (χ4n) is 3.00. The molecular formula is C18H16BrF3N2O2S. The van der Waals surface area contributed by atoms with Gasteiger partial charge in [-0.05, 0) is 49.4 Å². The van der Waals surface area contributed by atoms with E-state index in [1.54, 1.807) is 24.3 Å². The zero-order valence-corrected chi connectivity index (χ0v) is 16.5. The number of anilines is 2. The second kappa shape index (κ2) is 8.02. The van der Waals surface area contributed by atoms with Gasteiger partial charge in [-0.15, -0.1) is 11.3 Å². The first-order valence-electron chi connectivity index (χ1n) is 8.35. The second-order valence-electron chi connectivity index (χ2n) is 6.18. The number of carbonyl (C=O) groups is 2. The van der Waals surface area contributed by atoms with E-state index in [1.807, 2.05) is 5.32 Å². The molecule has 1 aliphatic rings. The van der Waals surface area contributed by atoms with Crippen molar-refractivity contribution in [2.75, 3.05) is 10.6 Å². The Balaban J connectivity index is 1.96. The van der Waals surface area contributed by atoms with Gasteiger partial charge >= 0.3 is 12.1 Å². The zero-order valence-electron chi connectivity index (χ0n) is 14.1. The molecule has 0 atom stereocenters. The van der Waals surface area contributed by atoms with Gasteiger partial charge in [0.2, 0.25) is 0 Å². The van der Waals surface area contributed by atoms with Crippen molar-refractivity contribution in [2.24, 2.45) is 0 Å². The molecule has 1 heterocycles. The summed E-state index contributed by atoms with van der Waals surface area (Å²) in [5.74, 6) is -2.60. The van der Waals surface area contributed by atoms with Crippen LogP contribution in [0.3, 0.4) is 0 Å². The van der Waals surface area contributed by atoms with Crippen LogP contribution >= 0.6 is 27.3 Å². The van der Waals surface area contributed by atoms with Crippen LogP contribution < -0.4 is 10.6 Å². The van der Waals surface area contributed by atoms with Crippen LogP contribution in [0, 0.1) is 0 Å². The first kappa shape index (κ1) is 19.9. The molecule has 0 unspecified atom stereocenters. The van der Waals surface area contributed by atoms with E-state index in [1.165, 1.54) is 0 Å². The van der Waals surface area contributed by atoms with Crippen LogP contribution in [0.15, 0.2) is 28.7 Å². The van der Waals surface area contributed by atoms with Crippen molar-refractivity contribution in [1.29, 1.82) is 0 Å². The maximum atomic E-state index is 12.9. The molecule has 0 saturated carbocycles. The average molecular weight is 461 g/mol. The van der Waals surface area contributed by atoms with Crippen LogP contribution in [0.25, 0.3) is 0 Å². The molecule has 0 saturated heterocycles. The minimum absolute atomic E-state index is 0.0447. The molecule has 144 valence electrons. The number of rotatable bonds is 3. The number of aryl methyl sites for hydroxylation is 1. The summed E-state index contributed by atoms with van der Waals surface area (Å²) in [6.07, 6.45) is -0.952. The van der Waals surface area contributed by atoms with Gasteiger partial charge in [-0.3, -0.25) is 9.59 Å². The normalized spacial score (nSPS) is 14.2. The SMILES string of the molecule is O=C(Nc1cccc(Br)c1)c1c(NC(=O)C(F)(F)F)sc2c1CCCCC2. The number of carbonyl (C=O) groups excluding carboxylic acids is 2. The van der Waals surface area contributed by atoms with Gasteiger partial charge in [-0.2, -0.15) is 13.2 Å². The number of thiophene rings is 1. The summed E-state index contributed by atoms with van der Waals surface area (Å²) in [5.41, 5.74) is 1.38. The highest BCUT2D eigenvalue weighted by Gasteiger charge is 2.40. The highest BCUT2D eigenvalue weighted by molar-refractivity contribution is 9.10. The predicted molar refractivity (Wildman–Crippen MR) is 102 cm³/mol. The minimum Gasteiger partial charge on any atom is -0.322 e. The minimum atomic E-state index is -5.01. The molecule has 2 aromatic rings. The van der Waals surface area contributed by atoms with Crippen LogP contribution in [-0.2, 0) is 17.6 Å². The summed E-state index contributed by atoms with van der Waals surface area (Å²) in [6, 6.07) is 6.90. The van der Waals surface area contributed by atoms with Gasteiger partial charge in [0.1, 0.15) is 5.00 Å². The Morgan fingerprint density at radius 3 is 2.52 bits per heavy atom. The third-order valence-corrected chi connectivity index (χ3v) is 5.92. The van der Waals surface area contributed by atoms with Gasteiger partial charge in [-0.1, -0.05) is 28.4 Å². The van der Waals surface area contributed by atoms with E-state index in [-0.39, 0.29) is 10.6 Å². The van der Waals surface area contributed by atoms with Gasteiger partial charge in [0.25, 0.3) is 5.91 Å². The van der Waals surface area contributed by atoms with Gasteiger partial charge in [0, 0.05) is 15.0 Å². The zero-order chi connectivity index (χ0) is 19.6. The van der Waals surface area contributed by atoms with Crippen molar-refractivity contribution in [3.63, 3.8) is 0 Å². The Hall–Kier alpha value is -1.87. The average Bonchev–Trinajstić information content (AvgIpc) is 2.75. The molecule has 3 rings (SSSR count). The molecule has 27 heavy (non-hydrogen) atoms. The smallest absolute Gasteiger partial charge is 0.322 e.